The second kappa shape index (κ2) is 4.81. The number of rotatable bonds is 3. The van der Waals surface area contributed by atoms with Crippen LogP contribution in [0.25, 0.3) is 0 Å². The molecule has 0 fully saturated rings. The lowest BCUT2D eigenvalue weighted by atomic mass is 10.3. The highest BCUT2D eigenvalue weighted by atomic mass is 17.1. The predicted molar refractivity (Wildman–Crippen MR) is 30.7 cm³/mol. The average molecular weight is 115 g/mol. The Balaban J connectivity index is 3.36. The summed E-state index contributed by atoms with van der Waals surface area (Å²) in [7, 11) is 0. The van der Waals surface area contributed by atoms with E-state index in [9.17, 15) is 5.26 Å². The van der Waals surface area contributed by atoms with Gasteiger partial charge in [0.15, 0.2) is 0 Å². The van der Waals surface area contributed by atoms with Crippen LogP contribution >= 0.6 is 0 Å². The molecule has 0 heterocycles. The molecule has 0 spiro atoms. The van der Waals surface area contributed by atoms with Crippen LogP contribution < -0.4 is 0 Å². The van der Waals surface area contributed by atoms with Gasteiger partial charge in [-0.1, -0.05) is 19.1 Å². The molecular formula is C6H11O2. The fourth-order valence-corrected chi connectivity index (χ4v) is 0.451. The molecule has 0 bridgehead atoms. The molecule has 0 saturated heterocycles. The minimum atomic E-state index is -0.236. The van der Waals surface area contributed by atoms with Crippen molar-refractivity contribution in [2.45, 2.75) is 26.4 Å². The molecule has 0 aliphatic heterocycles. The highest BCUT2D eigenvalue weighted by molar-refractivity contribution is 4.84. The van der Waals surface area contributed by atoms with Crippen LogP contribution in [-0.4, -0.2) is 6.10 Å². The lowest BCUT2D eigenvalue weighted by Gasteiger charge is -1.99. The molecule has 0 aromatic carbocycles. The Morgan fingerprint density at radius 1 is 1.75 bits per heavy atom. The van der Waals surface area contributed by atoms with Gasteiger partial charge in [-0.05, 0) is 18.6 Å². The summed E-state index contributed by atoms with van der Waals surface area (Å²) < 4.78 is 0. The predicted octanol–water partition coefficient (Wildman–Crippen LogP) is 1.70. The van der Waals surface area contributed by atoms with Crippen LogP contribution in [0.3, 0.4) is 0 Å². The number of hydrogen-bond acceptors (Lipinski definition) is 1. The zero-order chi connectivity index (χ0) is 6.41. The van der Waals surface area contributed by atoms with Gasteiger partial charge < -0.3 is 0 Å². The molecule has 1 atom stereocenters. The first-order valence-corrected chi connectivity index (χ1v) is 2.76. The van der Waals surface area contributed by atoms with Gasteiger partial charge in [0.05, 0.1) is 0 Å². The standard InChI is InChI=1S/C6H11O2/c1-3-5-6(4-2)8-7/h3,5-6H,4H2,1-2H3. The molecule has 0 aliphatic carbocycles. The molecule has 0 amide bonds. The maximum absolute atomic E-state index is 9.70. The topological polar surface area (TPSA) is 29.1 Å². The zero-order valence-electron chi connectivity index (χ0n) is 5.26. The van der Waals surface area contributed by atoms with Gasteiger partial charge in [-0.15, -0.1) is 0 Å². The van der Waals surface area contributed by atoms with Crippen LogP contribution in [0.4, 0.5) is 0 Å². The molecule has 1 radical (unpaired) electrons. The first kappa shape index (κ1) is 7.66. The maximum Gasteiger partial charge on any atom is 0.114 e. The Hall–Kier alpha value is -0.340. The Kier molecular flexibility index (Phi) is 4.61. The van der Waals surface area contributed by atoms with Crippen molar-refractivity contribution in [3.8, 4) is 0 Å². The van der Waals surface area contributed by atoms with E-state index < -0.39 is 0 Å². The number of hydrogen-bond donors (Lipinski definition) is 0. The second-order valence-electron chi connectivity index (χ2n) is 1.57. The summed E-state index contributed by atoms with van der Waals surface area (Å²) >= 11 is 0. The van der Waals surface area contributed by atoms with Crippen molar-refractivity contribution < 1.29 is 10.1 Å². The Labute approximate surface area is 49.7 Å². The SMILES string of the molecule is CC=CC(CC)O[O]. The monoisotopic (exact) mass is 115 g/mol. The van der Waals surface area contributed by atoms with E-state index in [1.165, 1.54) is 0 Å². The van der Waals surface area contributed by atoms with Gasteiger partial charge in [0.2, 0.25) is 0 Å². The van der Waals surface area contributed by atoms with Crippen LogP contribution in [0.1, 0.15) is 20.3 Å². The Morgan fingerprint density at radius 2 is 2.38 bits per heavy atom. The van der Waals surface area contributed by atoms with Crippen LogP contribution in [-0.2, 0) is 10.1 Å². The average Bonchev–Trinajstić information content (AvgIpc) is 1.83. The summed E-state index contributed by atoms with van der Waals surface area (Å²) in [6.07, 6.45) is 4.06. The van der Waals surface area contributed by atoms with Gasteiger partial charge in [0.1, 0.15) is 6.10 Å². The van der Waals surface area contributed by atoms with Crippen molar-refractivity contribution in [3.63, 3.8) is 0 Å². The van der Waals surface area contributed by atoms with E-state index in [-0.39, 0.29) is 6.10 Å². The Morgan fingerprint density at radius 3 is 2.50 bits per heavy atom. The van der Waals surface area contributed by atoms with Crippen molar-refractivity contribution >= 4 is 0 Å². The van der Waals surface area contributed by atoms with E-state index in [1.54, 1.807) is 6.08 Å². The molecule has 0 N–H and O–H groups in total. The molecular weight excluding hydrogens is 104 g/mol. The van der Waals surface area contributed by atoms with Gasteiger partial charge in [0, 0.05) is 0 Å². The van der Waals surface area contributed by atoms with E-state index in [2.05, 4.69) is 4.89 Å². The Bertz CT molecular complexity index is 64.9. The van der Waals surface area contributed by atoms with Crippen molar-refractivity contribution in [1.29, 1.82) is 0 Å². The highest BCUT2D eigenvalue weighted by Gasteiger charge is 1.97. The summed E-state index contributed by atoms with van der Waals surface area (Å²) in [5, 5.41) is 9.70. The minimum absolute atomic E-state index is 0.236. The van der Waals surface area contributed by atoms with Gasteiger partial charge in [-0.25, -0.2) is 0 Å². The lowest BCUT2D eigenvalue weighted by molar-refractivity contribution is -0.324. The molecule has 2 nitrogen and oxygen atoms in total. The van der Waals surface area contributed by atoms with Crippen LogP contribution in [0.5, 0.6) is 0 Å². The number of allylic oxidation sites excluding steroid dienone is 1. The summed E-state index contributed by atoms with van der Waals surface area (Å²) in [5.74, 6) is 0. The first-order valence-electron chi connectivity index (χ1n) is 2.76. The molecule has 47 valence electrons. The third-order valence-corrected chi connectivity index (χ3v) is 0.933. The molecule has 0 rings (SSSR count). The maximum atomic E-state index is 9.70. The molecule has 0 aliphatic rings. The van der Waals surface area contributed by atoms with Gasteiger partial charge in [-0.2, -0.15) is 4.89 Å². The fourth-order valence-electron chi connectivity index (χ4n) is 0.451. The summed E-state index contributed by atoms with van der Waals surface area (Å²) in [5.41, 5.74) is 0. The van der Waals surface area contributed by atoms with E-state index >= 15 is 0 Å². The third kappa shape index (κ3) is 2.77. The lowest BCUT2D eigenvalue weighted by Crippen LogP contribution is -2.02. The van der Waals surface area contributed by atoms with Gasteiger partial charge in [-0.3, -0.25) is 0 Å². The van der Waals surface area contributed by atoms with Crippen LogP contribution in [0.15, 0.2) is 12.2 Å². The van der Waals surface area contributed by atoms with Crippen LogP contribution in [0, 0.1) is 0 Å². The quantitative estimate of drug-likeness (QED) is 0.312. The van der Waals surface area contributed by atoms with Crippen molar-refractivity contribution in [1.82, 2.24) is 0 Å². The largest absolute Gasteiger partial charge is 0.196 e. The van der Waals surface area contributed by atoms with Gasteiger partial charge >= 0.3 is 0 Å². The molecule has 8 heavy (non-hydrogen) atoms. The third-order valence-electron chi connectivity index (χ3n) is 0.933. The van der Waals surface area contributed by atoms with Crippen molar-refractivity contribution in [2.24, 2.45) is 0 Å². The van der Waals surface area contributed by atoms with Crippen molar-refractivity contribution in [2.75, 3.05) is 0 Å². The minimum Gasteiger partial charge on any atom is -0.196 e. The van der Waals surface area contributed by atoms with E-state index in [0.29, 0.717) is 0 Å². The van der Waals surface area contributed by atoms with Crippen molar-refractivity contribution in [3.05, 3.63) is 12.2 Å². The molecule has 0 saturated carbocycles. The van der Waals surface area contributed by atoms with Gasteiger partial charge in [0.25, 0.3) is 0 Å². The van der Waals surface area contributed by atoms with Crippen LogP contribution in [0.2, 0.25) is 0 Å². The first-order chi connectivity index (χ1) is 3.85. The van der Waals surface area contributed by atoms with E-state index in [1.807, 2.05) is 19.9 Å². The van der Waals surface area contributed by atoms with E-state index in [4.69, 9.17) is 0 Å². The normalized spacial score (nSPS) is 14.9. The highest BCUT2D eigenvalue weighted by Crippen LogP contribution is 1.96. The summed E-state index contributed by atoms with van der Waals surface area (Å²) in [6, 6.07) is 0. The summed E-state index contributed by atoms with van der Waals surface area (Å²) in [6.45, 7) is 3.77. The molecule has 0 aromatic heterocycles. The molecule has 2 heteroatoms. The smallest absolute Gasteiger partial charge is 0.114 e. The van der Waals surface area contributed by atoms with E-state index in [0.717, 1.165) is 6.42 Å². The molecule has 1 unspecified atom stereocenters. The fraction of sp³-hybridized carbons (Fsp3) is 0.667. The summed E-state index contributed by atoms with van der Waals surface area (Å²) in [4.78, 5) is 3.80. The molecule has 0 aromatic rings. The second-order valence-corrected chi connectivity index (χ2v) is 1.57. The zero-order valence-corrected chi connectivity index (χ0v) is 5.26.